The molecule has 0 bridgehead atoms. The highest BCUT2D eigenvalue weighted by atomic mass is 16.5. The first-order valence-electron chi connectivity index (χ1n) is 5.82. The lowest BCUT2D eigenvalue weighted by Crippen LogP contribution is -2.09. The molecule has 0 aliphatic heterocycles. The average molecular weight is 245 g/mol. The Labute approximate surface area is 106 Å². The van der Waals surface area contributed by atoms with Gasteiger partial charge in [-0.2, -0.15) is 5.26 Å². The van der Waals surface area contributed by atoms with E-state index in [0.29, 0.717) is 25.0 Å². The molecule has 1 rings (SSSR count). The molecule has 4 heteroatoms. The van der Waals surface area contributed by atoms with Gasteiger partial charge in [-0.25, -0.2) is 4.79 Å². The number of nitriles is 1. The summed E-state index contributed by atoms with van der Waals surface area (Å²) < 4.78 is 4.97. The van der Waals surface area contributed by atoms with Gasteiger partial charge >= 0.3 is 5.97 Å². The molecule has 0 fully saturated rings. The summed E-state index contributed by atoms with van der Waals surface area (Å²) in [5.74, 6) is -0.404. The SMILES string of the molecule is CCOC(=O)c1cc(CC#N)ccc1CCC=O. The van der Waals surface area contributed by atoms with Crippen LogP contribution in [-0.2, 0) is 22.4 Å². The third-order valence-electron chi connectivity index (χ3n) is 2.48. The van der Waals surface area contributed by atoms with E-state index in [-0.39, 0.29) is 6.42 Å². The second-order valence-electron chi connectivity index (χ2n) is 3.75. The van der Waals surface area contributed by atoms with Crippen molar-refractivity contribution in [3.05, 3.63) is 34.9 Å². The first-order valence-corrected chi connectivity index (χ1v) is 5.82. The van der Waals surface area contributed by atoms with Gasteiger partial charge in [0.05, 0.1) is 24.7 Å². The van der Waals surface area contributed by atoms with Crippen molar-refractivity contribution >= 4 is 12.3 Å². The van der Waals surface area contributed by atoms with E-state index in [1.54, 1.807) is 25.1 Å². The highest BCUT2D eigenvalue weighted by molar-refractivity contribution is 5.91. The summed E-state index contributed by atoms with van der Waals surface area (Å²) in [5, 5.41) is 8.65. The summed E-state index contributed by atoms with van der Waals surface area (Å²) in [4.78, 5) is 22.2. The van der Waals surface area contributed by atoms with E-state index in [1.165, 1.54) is 0 Å². The van der Waals surface area contributed by atoms with Gasteiger partial charge in [0.15, 0.2) is 0 Å². The Hall–Kier alpha value is -2.15. The summed E-state index contributed by atoms with van der Waals surface area (Å²) in [6.07, 6.45) is 1.94. The van der Waals surface area contributed by atoms with Crippen molar-refractivity contribution in [1.29, 1.82) is 5.26 Å². The van der Waals surface area contributed by atoms with Crippen molar-refractivity contribution in [3.63, 3.8) is 0 Å². The van der Waals surface area contributed by atoms with Gasteiger partial charge in [-0.1, -0.05) is 12.1 Å². The fourth-order valence-electron chi connectivity index (χ4n) is 1.66. The molecule has 0 saturated carbocycles. The molecule has 0 saturated heterocycles. The molecule has 0 unspecified atom stereocenters. The third kappa shape index (κ3) is 3.70. The van der Waals surface area contributed by atoms with E-state index in [2.05, 4.69) is 0 Å². The smallest absolute Gasteiger partial charge is 0.338 e. The van der Waals surface area contributed by atoms with Gasteiger partial charge in [-0.15, -0.1) is 0 Å². The van der Waals surface area contributed by atoms with E-state index in [9.17, 15) is 9.59 Å². The normalized spacial score (nSPS) is 9.56. The second-order valence-corrected chi connectivity index (χ2v) is 3.75. The number of carbonyl (C=O) groups excluding carboxylic acids is 2. The predicted molar refractivity (Wildman–Crippen MR) is 66.1 cm³/mol. The lowest BCUT2D eigenvalue weighted by molar-refractivity contribution is -0.107. The molecule has 0 aliphatic carbocycles. The Morgan fingerprint density at radius 2 is 2.28 bits per heavy atom. The van der Waals surface area contributed by atoms with Crippen molar-refractivity contribution < 1.29 is 14.3 Å². The van der Waals surface area contributed by atoms with Gasteiger partial charge in [-0.05, 0) is 30.5 Å². The lowest BCUT2D eigenvalue weighted by atomic mass is 9.99. The minimum atomic E-state index is -0.404. The van der Waals surface area contributed by atoms with Crippen molar-refractivity contribution in [2.45, 2.75) is 26.2 Å². The molecule has 0 amide bonds. The molecular formula is C14H15NO3. The van der Waals surface area contributed by atoms with Crippen molar-refractivity contribution in [3.8, 4) is 6.07 Å². The highest BCUT2D eigenvalue weighted by Crippen LogP contribution is 2.16. The summed E-state index contributed by atoms with van der Waals surface area (Å²) >= 11 is 0. The Morgan fingerprint density at radius 1 is 1.50 bits per heavy atom. The number of carbonyl (C=O) groups is 2. The zero-order valence-corrected chi connectivity index (χ0v) is 10.3. The van der Waals surface area contributed by atoms with Crippen molar-refractivity contribution in [2.24, 2.45) is 0 Å². The molecule has 0 aromatic heterocycles. The summed E-state index contributed by atoms with van der Waals surface area (Å²) in [5.41, 5.74) is 2.00. The minimum Gasteiger partial charge on any atom is -0.462 e. The average Bonchev–Trinajstić information content (AvgIpc) is 2.38. The molecule has 0 atom stereocenters. The molecule has 1 aromatic carbocycles. The standard InChI is InChI=1S/C14H15NO3/c1-2-18-14(17)13-10-11(7-8-15)5-6-12(13)4-3-9-16/h5-6,9-10H,2-4,7H2,1H3. The van der Waals surface area contributed by atoms with Crippen LogP contribution in [0.1, 0.15) is 34.8 Å². The Kier molecular flexibility index (Phi) is 5.59. The molecule has 0 radical (unpaired) electrons. The van der Waals surface area contributed by atoms with Crippen LogP contribution in [0, 0.1) is 11.3 Å². The molecule has 18 heavy (non-hydrogen) atoms. The van der Waals surface area contributed by atoms with Crippen LogP contribution in [0.4, 0.5) is 0 Å². The predicted octanol–water partition coefficient (Wildman–Crippen LogP) is 2.06. The van der Waals surface area contributed by atoms with Crippen LogP contribution in [0.25, 0.3) is 0 Å². The van der Waals surface area contributed by atoms with Crippen LogP contribution < -0.4 is 0 Å². The van der Waals surface area contributed by atoms with E-state index in [1.807, 2.05) is 6.07 Å². The molecule has 0 aliphatic rings. The van der Waals surface area contributed by atoms with Crippen LogP contribution >= 0.6 is 0 Å². The number of ether oxygens (including phenoxy) is 1. The van der Waals surface area contributed by atoms with Gasteiger partial charge in [0.25, 0.3) is 0 Å². The van der Waals surface area contributed by atoms with Crippen LogP contribution in [0.15, 0.2) is 18.2 Å². The van der Waals surface area contributed by atoms with Gasteiger partial charge < -0.3 is 9.53 Å². The first-order chi connectivity index (χ1) is 8.72. The molecule has 0 heterocycles. The van der Waals surface area contributed by atoms with Gasteiger partial charge in [0.1, 0.15) is 6.29 Å². The topological polar surface area (TPSA) is 67.2 Å². The van der Waals surface area contributed by atoms with Crippen molar-refractivity contribution in [2.75, 3.05) is 6.61 Å². The third-order valence-corrected chi connectivity index (χ3v) is 2.48. The summed E-state index contributed by atoms with van der Waals surface area (Å²) in [7, 11) is 0. The number of hydrogen-bond donors (Lipinski definition) is 0. The van der Waals surface area contributed by atoms with Crippen LogP contribution in [0.3, 0.4) is 0 Å². The maximum Gasteiger partial charge on any atom is 0.338 e. The molecular weight excluding hydrogens is 230 g/mol. The fraction of sp³-hybridized carbons (Fsp3) is 0.357. The maximum absolute atomic E-state index is 11.8. The van der Waals surface area contributed by atoms with Gasteiger partial charge in [-0.3, -0.25) is 0 Å². The number of esters is 1. The Morgan fingerprint density at radius 3 is 2.89 bits per heavy atom. The van der Waals surface area contributed by atoms with E-state index >= 15 is 0 Å². The first kappa shape index (κ1) is 13.9. The quantitative estimate of drug-likeness (QED) is 0.568. The lowest BCUT2D eigenvalue weighted by Gasteiger charge is -2.09. The Balaban J connectivity index is 3.05. The number of aldehydes is 1. The highest BCUT2D eigenvalue weighted by Gasteiger charge is 2.13. The fourth-order valence-corrected chi connectivity index (χ4v) is 1.66. The number of nitrogens with zero attached hydrogens (tertiary/aromatic N) is 1. The van der Waals surface area contributed by atoms with Crippen LogP contribution in [0.5, 0.6) is 0 Å². The molecule has 0 spiro atoms. The summed E-state index contributed by atoms with van der Waals surface area (Å²) in [6.45, 7) is 2.04. The minimum absolute atomic E-state index is 0.250. The van der Waals surface area contributed by atoms with Crippen LogP contribution in [-0.4, -0.2) is 18.9 Å². The second kappa shape index (κ2) is 7.23. The largest absolute Gasteiger partial charge is 0.462 e. The van der Waals surface area contributed by atoms with Gasteiger partial charge in [0, 0.05) is 6.42 Å². The van der Waals surface area contributed by atoms with E-state index in [0.717, 1.165) is 17.4 Å². The molecule has 94 valence electrons. The zero-order chi connectivity index (χ0) is 13.4. The monoisotopic (exact) mass is 245 g/mol. The number of aryl methyl sites for hydroxylation is 1. The summed E-state index contributed by atoms with van der Waals surface area (Å²) in [6, 6.07) is 7.28. The number of benzene rings is 1. The number of hydrogen-bond acceptors (Lipinski definition) is 4. The van der Waals surface area contributed by atoms with Crippen LogP contribution in [0.2, 0.25) is 0 Å². The van der Waals surface area contributed by atoms with Gasteiger partial charge in [0.2, 0.25) is 0 Å². The zero-order valence-electron chi connectivity index (χ0n) is 10.3. The van der Waals surface area contributed by atoms with E-state index in [4.69, 9.17) is 10.00 Å². The molecule has 0 N–H and O–H groups in total. The Bertz CT molecular complexity index is 474. The molecule has 4 nitrogen and oxygen atoms in total. The van der Waals surface area contributed by atoms with Crippen molar-refractivity contribution in [1.82, 2.24) is 0 Å². The molecule has 1 aromatic rings. The number of rotatable bonds is 6. The maximum atomic E-state index is 11.8. The van der Waals surface area contributed by atoms with E-state index < -0.39 is 5.97 Å².